The molecule has 11 rings (SSSR count). The third kappa shape index (κ3) is 5.97. The van der Waals surface area contributed by atoms with E-state index in [-0.39, 0.29) is 0 Å². The van der Waals surface area contributed by atoms with Gasteiger partial charge < -0.3 is 4.74 Å². The SMILES string of the molecule is c1ccc(-c2cccc(-c3nc(-c4ccc(-c5cccc6c5-c5ccccc5CO6)cc4)nc(-c4cccc(-c5cccc6c5sc5ccccc56)c4)n3)c2)cc1. The zero-order chi connectivity index (χ0) is 37.7. The molecule has 0 spiro atoms. The van der Waals surface area contributed by atoms with Gasteiger partial charge in [-0.2, -0.15) is 0 Å². The van der Waals surface area contributed by atoms with Crippen LogP contribution in [0.25, 0.3) is 98.8 Å². The van der Waals surface area contributed by atoms with Crippen LogP contribution < -0.4 is 4.74 Å². The predicted octanol–water partition coefficient (Wildman–Crippen LogP) is 13.8. The van der Waals surface area contributed by atoms with Crippen LogP contribution in [0.1, 0.15) is 5.56 Å². The number of benzene rings is 8. The highest BCUT2D eigenvalue weighted by Crippen LogP contribution is 2.44. The van der Waals surface area contributed by atoms with Gasteiger partial charge in [-0.05, 0) is 68.8 Å². The van der Waals surface area contributed by atoms with Crippen LogP contribution in [0.2, 0.25) is 0 Å². The highest BCUT2D eigenvalue weighted by atomic mass is 32.1. The van der Waals surface area contributed by atoms with E-state index in [4.69, 9.17) is 19.7 Å². The standard InChI is InChI=1S/C52H33N3OS/c1-2-12-33(13-3-1)36-15-8-17-38(30-36)51-53-50(35-28-26-34(27-29-35)41-21-11-24-46-48(41)42-19-5-4-14-40(42)32-56-46)54-52(55-51)39-18-9-16-37(31-39)43-22-10-23-45-44-20-6-7-25-47(44)57-49(43)45/h1-31H,32H2. The first kappa shape index (κ1) is 33.2. The number of hydrogen-bond acceptors (Lipinski definition) is 5. The van der Waals surface area contributed by atoms with Crippen molar-refractivity contribution in [3.05, 3.63) is 194 Å². The van der Waals surface area contributed by atoms with Crippen LogP contribution in [0.3, 0.4) is 0 Å². The van der Waals surface area contributed by atoms with E-state index in [2.05, 4.69) is 182 Å². The van der Waals surface area contributed by atoms with Crippen molar-refractivity contribution in [3.63, 3.8) is 0 Å². The van der Waals surface area contributed by atoms with E-state index < -0.39 is 0 Å². The monoisotopic (exact) mass is 747 g/mol. The first-order chi connectivity index (χ1) is 28.2. The fourth-order valence-electron chi connectivity index (χ4n) is 8.05. The van der Waals surface area contributed by atoms with Crippen molar-refractivity contribution in [3.8, 4) is 84.4 Å². The Bertz CT molecular complexity index is 3130. The smallest absolute Gasteiger partial charge is 0.164 e. The molecule has 268 valence electrons. The van der Waals surface area contributed by atoms with Gasteiger partial charge in [0.15, 0.2) is 17.5 Å². The van der Waals surface area contributed by atoms with Gasteiger partial charge >= 0.3 is 0 Å². The molecule has 0 N–H and O–H groups in total. The second-order valence-electron chi connectivity index (χ2n) is 14.3. The van der Waals surface area contributed by atoms with Gasteiger partial charge in [0.25, 0.3) is 0 Å². The lowest BCUT2D eigenvalue weighted by Gasteiger charge is -2.23. The number of fused-ring (bicyclic) bond motifs is 6. The average molecular weight is 748 g/mol. The van der Waals surface area contributed by atoms with Crippen LogP contribution in [-0.2, 0) is 6.61 Å². The van der Waals surface area contributed by atoms with Crippen LogP contribution >= 0.6 is 11.3 Å². The summed E-state index contributed by atoms with van der Waals surface area (Å²) in [7, 11) is 0. The minimum Gasteiger partial charge on any atom is -0.488 e. The van der Waals surface area contributed by atoms with Crippen LogP contribution in [0.4, 0.5) is 0 Å². The summed E-state index contributed by atoms with van der Waals surface area (Å²) >= 11 is 1.84. The van der Waals surface area contributed by atoms with Gasteiger partial charge in [-0.25, -0.2) is 15.0 Å². The molecular formula is C52H33N3OS. The first-order valence-electron chi connectivity index (χ1n) is 19.1. The molecule has 10 aromatic rings. The van der Waals surface area contributed by atoms with E-state index in [0.29, 0.717) is 24.1 Å². The molecule has 0 saturated heterocycles. The number of rotatable bonds is 6. The molecule has 0 bridgehead atoms. The van der Waals surface area contributed by atoms with Crippen LogP contribution in [0, 0.1) is 0 Å². The van der Waals surface area contributed by atoms with Crippen molar-refractivity contribution in [1.29, 1.82) is 0 Å². The summed E-state index contributed by atoms with van der Waals surface area (Å²) in [5.41, 5.74) is 13.1. The van der Waals surface area contributed by atoms with Gasteiger partial charge in [0.2, 0.25) is 0 Å². The topological polar surface area (TPSA) is 47.9 Å². The summed E-state index contributed by atoms with van der Waals surface area (Å²) in [5, 5.41) is 2.56. The third-order valence-corrected chi connectivity index (χ3v) is 12.1. The Hall–Kier alpha value is -7.21. The number of ether oxygens (including phenoxy) is 1. The van der Waals surface area contributed by atoms with E-state index in [9.17, 15) is 0 Å². The highest BCUT2D eigenvalue weighted by Gasteiger charge is 2.21. The maximum atomic E-state index is 6.20. The zero-order valence-electron chi connectivity index (χ0n) is 30.8. The molecule has 0 aliphatic carbocycles. The third-order valence-electron chi connectivity index (χ3n) is 10.8. The summed E-state index contributed by atoms with van der Waals surface area (Å²) in [5.74, 6) is 2.78. The van der Waals surface area contributed by atoms with Crippen molar-refractivity contribution in [2.45, 2.75) is 6.61 Å². The molecule has 2 aromatic heterocycles. The van der Waals surface area contributed by atoms with Gasteiger partial charge in [0.05, 0.1) is 0 Å². The maximum Gasteiger partial charge on any atom is 0.164 e. The Balaban J connectivity index is 1.03. The van der Waals surface area contributed by atoms with E-state index in [1.807, 2.05) is 17.4 Å². The van der Waals surface area contributed by atoms with Crippen LogP contribution in [-0.4, -0.2) is 15.0 Å². The van der Waals surface area contributed by atoms with Gasteiger partial charge in [-0.3, -0.25) is 0 Å². The second-order valence-corrected chi connectivity index (χ2v) is 15.4. The lowest BCUT2D eigenvalue weighted by molar-refractivity contribution is 0.302. The maximum absolute atomic E-state index is 6.20. The molecule has 0 fully saturated rings. The lowest BCUT2D eigenvalue weighted by atomic mass is 9.89. The molecule has 1 aliphatic heterocycles. The minimum atomic E-state index is 0.577. The van der Waals surface area contributed by atoms with Gasteiger partial charge in [0, 0.05) is 42.4 Å². The molecule has 1 aliphatic rings. The molecule has 0 amide bonds. The van der Waals surface area contributed by atoms with Gasteiger partial charge in [-0.15, -0.1) is 11.3 Å². The molecule has 4 nitrogen and oxygen atoms in total. The van der Waals surface area contributed by atoms with Crippen molar-refractivity contribution in [1.82, 2.24) is 15.0 Å². The molecule has 57 heavy (non-hydrogen) atoms. The number of aromatic nitrogens is 3. The number of hydrogen-bond donors (Lipinski definition) is 0. The Kier molecular flexibility index (Phi) is 8.04. The molecule has 0 saturated carbocycles. The lowest BCUT2D eigenvalue weighted by Crippen LogP contribution is -2.06. The molecule has 3 heterocycles. The van der Waals surface area contributed by atoms with E-state index in [1.54, 1.807) is 0 Å². The summed E-state index contributed by atoms with van der Waals surface area (Å²) in [4.78, 5) is 15.5. The Morgan fingerprint density at radius 3 is 1.77 bits per heavy atom. The average Bonchev–Trinajstić information content (AvgIpc) is 3.68. The van der Waals surface area contributed by atoms with E-state index >= 15 is 0 Å². The largest absolute Gasteiger partial charge is 0.488 e. The summed E-state index contributed by atoms with van der Waals surface area (Å²) in [6.45, 7) is 0.577. The first-order valence-corrected chi connectivity index (χ1v) is 19.9. The normalized spacial score (nSPS) is 11.9. The van der Waals surface area contributed by atoms with E-state index in [1.165, 1.54) is 36.9 Å². The van der Waals surface area contributed by atoms with Gasteiger partial charge in [-0.1, -0.05) is 164 Å². The molecule has 0 atom stereocenters. The Labute approximate surface area is 334 Å². The van der Waals surface area contributed by atoms with Crippen molar-refractivity contribution in [2.75, 3.05) is 0 Å². The quantitative estimate of drug-likeness (QED) is 0.170. The molecule has 8 aromatic carbocycles. The summed E-state index contributed by atoms with van der Waals surface area (Å²) in [6, 6.07) is 66.0. The summed E-state index contributed by atoms with van der Waals surface area (Å²) < 4.78 is 8.76. The van der Waals surface area contributed by atoms with Crippen molar-refractivity contribution < 1.29 is 4.74 Å². The van der Waals surface area contributed by atoms with E-state index in [0.717, 1.165) is 55.8 Å². The van der Waals surface area contributed by atoms with Crippen LogP contribution in [0.5, 0.6) is 5.75 Å². The van der Waals surface area contributed by atoms with Gasteiger partial charge in [0.1, 0.15) is 12.4 Å². The Morgan fingerprint density at radius 1 is 0.386 bits per heavy atom. The minimum absolute atomic E-state index is 0.577. The van der Waals surface area contributed by atoms with Crippen molar-refractivity contribution >= 4 is 31.5 Å². The highest BCUT2D eigenvalue weighted by molar-refractivity contribution is 7.26. The van der Waals surface area contributed by atoms with Crippen molar-refractivity contribution in [2.24, 2.45) is 0 Å². The fraction of sp³-hybridized carbons (Fsp3) is 0.0192. The predicted molar refractivity (Wildman–Crippen MR) is 235 cm³/mol. The van der Waals surface area contributed by atoms with Crippen LogP contribution in [0.15, 0.2) is 188 Å². The zero-order valence-corrected chi connectivity index (χ0v) is 31.6. The number of thiophene rings is 1. The molecule has 5 heteroatoms. The molecule has 0 radical (unpaired) electrons. The molecular weight excluding hydrogens is 715 g/mol. The Morgan fingerprint density at radius 2 is 0.947 bits per heavy atom. The molecule has 0 unspecified atom stereocenters. The summed E-state index contributed by atoms with van der Waals surface area (Å²) in [6.07, 6.45) is 0. The number of nitrogens with zero attached hydrogens (tertiary/aromatic N) is 3. The fourth-order valence-corrected chi connectivity index (χ4v) is 9.28. The second kappa shape index (κ2) is 13.8.